The predicted molar refractivity (Wildman–Crippen MR) is 101 cm³/mol. The van der Waals surface area contributed by atoms with Crippen molar-refractivity contribution in [1.82, 2.24) is 0 Å². The molecule has 24 heavy (non-hydrogen) atoms. The summed E-state index contributed by atoms with van der Waals surface area (Å²) in [6, 6.07) is 9.67. The first-order valence-electron chi connectivity index (χ1n) is 8.29. The third-order valence-electron chi connectivity index (χ3n) is 3.72. The van der Waals surface area contributed by atoms with Crippen molar-refractivity contribution in [3.05, 3.63) is 77.4 Å². The summed E-state index contributed by atoms with van der Waals surface area (Å²) in [6.45, 7) is 7.99. The molecule has 0 N–H and O–H groups in total. The lowest BCUT2D eigenvalue weighted by molar-refractivity contribution is -0.105. The van der Waals surface area contributed by atoms with Gasteiger partial charge in [0.05, 0.1) is 11.6 Å². The lowest BCUT2D eigenvalue weighted by Gasteiger charge is -2.05. The largest absolute Gasteiger partial charge is 0.298 e. The molecular weight excluding hydrogens is 294 g/mol. The fourth-order valence-corrected chi connectivity index (χ4v) is 2.37. The molecule has 2 heteroatoms. The molecule has 0 amide bonds. The number of benzene rings is 1. The Bertz CT molecular complexity index is 699. The van der Waals surface area contributed by atoms with E-state index in [1.54, 1.807) is 12.1 Å². The van der Waals surface area contributed by atoms with Gasteiger partial charge in [0, 0.05) is 0 Å². The zero-order valence-electron chi connectivity index (χ0n) is 14.6. The number of nitrogens with zero attached hydrogens (tertiary/aromatic N) is 1. The first-order chi connectivity index (χ1) is 11.7. The van der Waals surface area contributed by atoms with Gasteiger partial charge in [0.15, 0.2) is 0 Å². The molecule has 0 aromatic heterocycles. The molecule has 0 heterocycles. The maximum atomic E-state index is 11.2. The first-order valence-corrected chi connectivity index (χ1v) is 8.29. The van der Waals surface area contributed by atoms with Gasteiger partial charge in [0.25, 0.3) is 0 Å². The number of unbranched alkanes of at least 4 members (excludes halogenated alkanes) is 2. The summed E-state index contributed by atoms with van der Waals surface area (Å²) in [7, 11) is 0. The van der Waals surface area contributed by atoms with Gasteiger partial charge in [-0.15, -0.1) is 0 Å². The lowest BCUT2D eigenvalue weighted by atomic mass is 9.99. The summed E-state index contributed by atoms with van der Waals surface area (Å²) in [5.74, 6) is 0. The molecule has 124 valence electrons. The normalized spacial score (nSPS) is 12.6. The van der Waals surface area contributed by atoms with E-state index in [0.29, 0.717) is 12.0 Å². The molecule has 0 spiro atoms. The molecule has 0 aliphatic heterocycles. The minimum Gasteiger partial charge on any atom is -0.298 e. The van der Waals surface area contributed by atoms with Crippen LogP contribution in [0.5, 0.6) is 0 Å². The van der Waals surface area contributed by atoms with E-state index in [0.717, 1.165) is 47.8 Å². The van der Waals surface area contributed by atoms with Gasteiger partial charge in [-0.1, -0.05) is 74.4 Å². The van der Waals surface area contributed by atoms with Crippen LogP contribution in [-0.2, 0) is 4.79 Å². The summed E-state index contributed by atoms with van der Waals surface area (Å²) in [6.07, 6.45) is 12.5. The average Bonchev–Trinajstić information content (AvgIpc) is 2.61. The highest BCUT2D eigenvalue weighted by Gasteiger charge is 2.03. The van der Waals surface area contributed by atoms with Crippen LogP contribution in [0.3, 0.4) is 0 Å². The number of hydrogen-bond acceptors (Lipinski definition) is 2. The molecule has 2 nitrogen and oxygen atoms in total. The molecule has 0 aliphatic rings. The topological polar surface area (TPSA) is 40.9 Å². The SMILES string of the molecule is C=C/C(=C\C=C(/C)C/C(C=O)=C\CCCC)c1ccccc1C#N. The van der Waals surface area contributed by atoms with Crippen LogP contribution in [0.2, 0.25) is 0 Å². The molecule has 0 bridgehead atoms. The molecule has 0 saturated carbocycles. The van der Waals surface area contributed by atoms with Gasteiger partial charge in [-0.25, -0.2) is 0 Å². The van der Waals surface area contributed by atoms with Gasteiger partial charge >= 0.3 is 0 Å². The summed E-state index contributed by atoms with van der Waals surface area (Å²) >= 11 is 0. The minimum atomic E-state index is 0.628. The molecule has 1 aromatic rings. The van der Waals surface area contributed by atoms with Gasteiger partial charge in [0.1, 0.15) is 6.29 Å². The van der Waals surface area contributed by atoms with E-state index >= 15 is 0 Å². The van der Waals surface area contributed by atoms with Crippen molar-refractivity contribution >= 4 is 11.9 Å². The van der Waals surface area contributed by atoms with Gasteiger partial charge in [-0.2, -0.15) is 5.26 Å². The molecule has 0 atom stereocenters. The maximum absolute atomic E-state index is 11.2. The van der Waals surface area contributed by atoms with E-state index in [1.165, 1.54) is 0 Å². The molecule has 0 radical (unpaired) electrons. The number of allylic oxidation sites excluding steroid dienone is 7. The molecular formula is C22H25NO. The number of hydrogen-bond donors (Lipinski definition) is 0. The second-order valence-electron chi connectivity index (χ2n) is 5.71. The second-order valence-corrected chi connectivity index (χ2v) is 5.71. The number of aldehydes is 1. The van der Waals surface area contributed by atoms with Gasteiger partial charge < -0.3 is 0 Å². The second kappa shape index (κ2) is 11.0. The van der Waals surface area contributed by atoms with E-state index < -0.39 is 0 Å². The van der Waals surface area contributed by atoms with Crippen molar-refractivity contribution in [2.75, 3.05) is 0 Å². The predicted octanol–water partition coefficient (Wildman–Crippen LogP) is 5.78. The number of rotatable bonds is 9. The standard InChI is InChI=1S/C22H25NO/c1-4-6-7-10-19(17-24)15-18(3)13-14-20(5-2)22-12-9-8-11-21(22)16-23/h5,8-14,17H,2,4,6-7,15H2,1,3H3/b18-13+,19-10+,20-14+. The highest BCUT2D eigenvalue weighted by Crippen LogP contribution is 2.20. The van der Waals surface area contributed by atoms with Crippen LogP contribution in [0.4, 0.5) is 0 Å². The van der Waals surface area contributed by atoms with Gasteiger partial charge in [-0.05, 0) is 42.5 Å². The van der Waals surface area contributed by atoms with Crippen molar-refractivity contribution in [2.24, 2.45) is 0 Å². The molecule has 1 aromatic carbocycles. The maximum Gasteiger partial charge on any atom is 0.146 e. The number of nitriles is 1. The fraction of sp³-hybridized carbons (Fsp3) is 0.273. The highest BCUT2D eigenvalue weighted by molar-refractivity contribution is 5.78. The Morgan fingerprint density at radius 1 is 1.29 bits per heavy atom. The van der Waals surface area contributed by atoms with E-state index in [2.05, 4.69) is 19.6 Å². The van der Waals surface area contributed by atoms with E-state index in [4.69, 9.17) is 0 Å². The monoisotopic (exact) mass is 319 g/mol. The van der Waals surface area contributed by atoms with Crippen LogP contribution in [0.1, 0.15) is 50.7 Å². The van der Waals surface area contributed by atoms with E-state index in [1.807, 2.05) is 43.4 Å². The lowest BCUT2D eigenvalue weighted by Crippen LogP contribution is -1.89. The zero-order chi connectivity index (χ0) is 17.8. The minimum absolute atomic E-state index is 0.628. The third-order valence-corrected chi connectivity index (χ3v) is 3.72. The Morgan fingerprint density at radius 2 is 2.04 bits per heavy atom. The van der Waals surface area contributed by atoms with Crippen molar-refractivity contribution < 1.29 is 4.79 Å². The quantitative estimate of drug-likeness (QED) is 0.250. The van der Waals surface area contributed by atoms with E-state index in [9.17, 15) is 10.1 Å². The van der Waals surface area contributed by atoms with E-state index in [-0.39, 0.29) is 0 Å². The Labute approximate surface area is 145 Å². The van der Waals surface area contributed by atoms with Crippen LogP contribution in [0, 0.1) is 11.3 Å². The molecule has 0 aliphatic carbocycles. The van der Waals surface area contributed by atoms with Crippen LogP contribution < -0.4 is 0 Å². The summed E-state index contributed by atoms with van der Waals surface area (Å²) in [4.78, 5) is 11.2. The smallest absolute Gasteiger partial charge is 0.146 e. The zero-order valence-corrected chi connectivity index (χ0v) is 14.6. The van der Waals surface area contributed by atoms with Crippen molar-refractivity contribution in [2.45, 2.75) is 39.5 Å². The summed E-state index contributed by atoms with van der Waals surface area (Å²) < 4.78 is 0. The molecule has 0 fully saturated rings. The van der Waals surface area contributed by atoms with Crippen LogP contribution in [-0.4, -0.2) is 6.29 Å². The Balaban J connectivity index is 2.95. The molecule has 0 saturated heterocycles. The van der Waals surface area contributed by atoms with Crippen molar-refractivity contribution in [3.63, 3.8) is 0 Å². The van der Waals surface area contributed by atoms with Crippen LogP contribution in [0.15, 0.2) is 66.3 Å². The fourth-order valence-electron chi connectivity index (χ4n) is 2.37. The number of carbonyl (C=O) groups excluding carboxylic acids is 1. The Hall–Kier alpha value is -2.66. The average molecular weight is 319 g/mol. The van der Waals surface area contributed by atoms with Crippen LogP contribution >= 0.6 is 0 Å². The van der Waals surface area contributed by atoms with Gasteiger partial charge in [-0.3, -0.25) is 4.79 Å². The Morgan fingerprint density at radius 3 is 2.67 bits per heavy atom. The number of carbonyl (C=O) groups is 1. The van der Waals surface area contributed by atoms with Crippen molar-refractivity contribution in [3.8, 4) is 6.07 Å². The third kappa shape index (κ3) is 6.22. The van der Waals surface area contributed by atoms with Crippen molar-refractivity contribution in [1.29, 1.82) is 5.26 Å². The Kier molecular flexibility index (Phi) is 8.86. The van der Waals surface area contributed by atoms with Crippen LogP contribution in [0.25, 0.3) is 5.57 Å². The summed E-state index contributed by atoms with van der Waals surface area (Å²) in [5, 5.41) is 9.22. The highest BCUT2D eigenvalue weighted by atomic mass is 16.1. The summed E-state index contributed by atoms with van der Waals surface area (Å²) in [5.41, 5.74) is 4.31. The van der Waals surface area contributed by atoms with Gasteiger partial charge in [0.2, 0.25) is 0 Å². The molecule has 0 unspecified atom stereocenters. The first kappa shape index (κ1) is 19.4. The molecule has 1 rings (SSSR count).